The van der Waals surface area contributed by atoms with Gasteiger partial charge >= 0.3 is 0 Å². The lowest BCUT2D eigenvalue weighted by Gasteiger charge is -2.08. The third kappa shape index (κ3) is 2.78. The van der Waals surface area contributed by atoms with Gasteiger partial charge in [-0.25, -0.2) is 19.9 Å². The smallest absolute Gasteiger partial charge is 0.143 e. The van der Waals surface area contributed by atoms with Gasteiger partial charge in [0.05, 0.1) is 35.0 Å². The minimum atomic E-state index is 0.660. The summed E-state index contributed by atoms with van der Waals surface area (Å²) in [4.78, 5) is 17.2. The summed E-state index contributed by atoms with van der Waals surface area (Å²) in [6.07, 6.45) is 3.44. The number of hydrogen-bond donors (Lipinski definition) is 1. The molecular formula is C15H16N6O. The second-order valence-corrected chi connectivity index (χ2v) is 5.03. The minimum Gasteiger partial charge on any atom is -0.361 e. The molecular weight excluding hydrogens is 280 g/mol. The number of nitrogens with zero attached hydrogens (tertiary/aromatic N) is 5. The molecule has 0 aliphatic carbocycles. The normalized spacial score (nSPS) is 10.7. The molecule has 1 N–H and O–H groups in total. The number of nitrogens with one attached hydrogen (secondary N) is 1. The molecule has 3 aromatic heterocycles. The number of rotatable bonds is 3. The molecule has 0 bridgehead atoms. The van der Waals surface area contributed by atoms with Crippen LogP contribution in [0.2, 0.25) is 0 Å². The van der Waals surface area contributed by atoms with E-state index < -0.39 is 0 Å². The van der Waals surface area contributed by atoms with Gasteiger partial charge in [0.2, 0.25) is 0 Å². The van der Waals surface area contributed by atoms with Crippen molar-refractivity contribution in [3.63, 3.8) is 0 Å². The first-order valence-electron chi connectivity index (χ1n) is 6.87. The van der Waals surface area contributed by atoms with Crippen LogP contribution in [-0.4, -0.2) is 25.1 Å². The van der Waals surface area contributed by atoms with Crippen LogP contribution in [-0.2, 0) is 0 Å². The molecule has 0 aromatic carbocycles. The summed E-state index contributed by atoms with van der Waals surface area (Å²) in [5.74, 6) is 2.80. The second kappa shape index (κ2) is 5.51. The summed E-state index contributed by atoms with van der Waals surface area (Å²) >= 11 is 0. The van der Waals surface area contributed by atoms with Crippen LogP contribution in [0.3, 0.4) is 0 Å². The zero-order valence-electron chi connectivity index (χ0n) is 12.9. The van der Waals surface area contributed by atoms with E-state index in [1.165, 1.54) is 0 Å². The quantitative estimate of drug-likeness (QED) is 0.794. The van der Waals surface area contributed by atoms with E-state index in [2.05, 4.69) is 30.4 Å². The molecule has 0 aliphatic heterocycles. The van der Waals surface area contributed by atoms with Crippen LogP contribution in [0.15, 0.2) is 23.0 Å². The fourth-order valence-electron chi connectivity index (χ4n) is 2.21. The van der Waals surface area contributed by atoms with Gasteiger partial charge in [0.25, 0.3) is 0 Å². The first-order chi connectivity index (χ1) is 10.5. The zero-order valence-corrected chi connectivity index (χ0v) is 12.9. The summed E-state index contributed by atoms with van der Waals surface area (Å²) in [5, 5.41) is 7.16. The third-order valence-corrected chi connectivity index (χ3v) is 3.18. The highest BCUT2D eigenvalue weighted by molar-refractivity contribution is 5.68. The lowest BCUT2D eigenvalue weighted by molar-refractivity contribution is 0.393. The SMILES string of the molecule is Cc1ncc(Nc2cc(-c3c(C)noc3C)nc(C)n2)cn1. The van der Waals surface area contributed by atoms with Crippen molar-refractivity contribution < 1.29 is 4.52 Å². The van der Waals surface area contributed by atoms with Crippen LogP contribution < -0.4 is 5.32 Å². The summed E-state index contributed by atoms with van der Waals surface area (Å²) < 4.78 is 5.21. The Labute approximate surface area is 127 Å². The maximum atomic E-state index is 5.21. The second-order valence-electron chi connectivity index (χ2n) is 5.03. The molecule has 3 heterocycles. The van der Waals surface area contributed by atoms with Gasteiger partial charge in [-0.3, -0.25) is 0 Å². The van der Waals surface area contributed by atoms with E-state index >= 15 is 0 Å². The molecule has 7 nitrogen and oxygen atoms in total. The van der Waals surface area contributed by atoms with Crippen molar-refractivity contribution in [2.75, 3.05) is 5.32 Å². The lowest BCUT2D eigenvalue weighted by atomic mass is 10.1. The predicted molar refractivity (Wildman–Crippen MR) is 81.8 cm³/mol. The van der Waals surface area contributed by atoms with Crippen LogP contribution in [0.4, 0.5) is 11.5 Å². The fourth-order valence-corrected chi connectivity index (χ4v) is 2.21. The van der Waals surface area contributed by atoms with Crippen molar-refractivity contribution in [3.05, 3.63) is 41.6 Å². The Kier molecular flexibility index (Phi) is 3.54. The van der Waals surface area contributed by atoms with Crippen LogP contribution >= 0.6 is 0 Å². The minimum absolute atomic E-state index is 0.660. The molecule has 0 unspecified atom stereocenters. The highest BCUT2D eigenvalue weighted by Crippen LogP contribution is 2.27. The van der Waals surface area contributed by atoms with Gasteiger partial charge in [-0.2, -0.15) is 0 Å². The molecule has 112 valence electrons. The Balaban J connectivity index is 1.98. The Morgan fingerprint density at radius 2 is 1.68 bits per heavy atom. The fraction of sp³-hybridized carbons (Fsp3) is 0.267. The van der Waals surface area contributed by atoms with Crippen molar-refractivity contribution >= 4 is 11.5 Å². The van der Waals surface area contributed by atoms with E-state index in [4.69, 9.17) is 4.52 Å². The van der Waals surface area contributed by atoms with E-state index in [-0.39, 0.29) is 0 Å². The van der Waals surface area contributed by atoms with E-state index in [1.807, 2.05) is 33.8 Å². The predicted octanol–water partition coefficient (Wildman–Crippen LogP) is 2.90. The maximum Gasteiger partial charge on any atom is 0.143 e. The highest BCUT2D eigenvalue weighted by atomic mass is 16.5. The highest BCUT2D eigenvalue weighted by Gasteiger charge is 2.14. The van der Waals surface area contributed by atoms with Gasteiger partial charge in [0.15, 0.2) is 0 Å². The zero-order chi connectivity index (χ0) is 15.7. The van der Waals surface area contributed by atoms with E-state index in [1.54, 1.807) is 12.4 Å². The lowest BCUT2D eigenvalue weighted by Crippen LogP contribution is -2.00. The molecule has 22 heavy (non-hydrogen) atoms. The number of aromatic nitrogens is 5. The molecule has 0 aliphatic rings. The number of aryl methyl sites for hydroxylation is 4. The van der Waals surface area contributed by atoms with Gasteiger partial charge < -0.3 is 9.84 Å². The van der Waals surface area contributed by atoms with Gasteiger partial charge in [-0.15, -0.1) is 0 Å². The monoisotopic (exact) mass is 296 g/mol. The summed E-state index contributed by atoms with van der Waals surface area (Å²) in [6, 6.07) is 1.86. The van der Waals surface area contributed by atoms with Crippen molar-refractivity contribution in [2.45, 2.75) is 27.7 Å². The van der Waals surface area contributed by atoms with Crippen LogP contribution in [0.1, 0.15) is 23.1 Å². The Morgan fingerprint density at radius 3 is 2.32 bits per heavy atom. The van der Waals surface area contributed by atoms with Crippen LogP contribution in [0.25, 0.3) is 11.3 Å². The summed E-state index contributed by atoms with van der Waals surface area (Å²) in [7, 11) is 0. The molecule has 0 atom stereocenters. The van der Waals surface area contributed by atoms with Crippen LogP contribution in [0.5, 0.6) is 0 Å². The summed E-state index contributed by atoms with van der Waals surface area (Å²) in [5.41, 5.74) is 3.25. The molecule has 3 rings (SSSR count). The molecule has 0 saturated heterocycles. The first kappa shape index (κ1) is 14.1. The molecule has 7 heteroatoms. The average molecular weight is 296 g/mol. The van der Waals surface area contributed by atoms with Gasteiger partial charge in [0.1, 0.15) is 23.2 Å². The van der Waals surface area contributed by atoms with Gasteiger partial charge in [0, 0.05) is 6.07 Å². The molecule has 0 spiro atoms. The average Bonchev–Trinajstić information content (AvgIpc) is 2.80. The first-order valence-corrected chi connectivity index (χ1v) is 6.87. The van der Waals surface area contributed by atoms with Gasteiger partial charge in [-0.05, 0) is 27.7 Å². The molecule has 0 amide bonds. The van der Waals surface area contributed by atoms with E-state index in [0.29, 0.717) is 11.6 Å². The molecule has 3 aromatic rings. The van der Waals surface area contributed by atoms with Crippen LogP contribution in [0, 0.1) is 27.7 Å². The standard InChI is InChI=1S/C15H16N6O/c1-8-15(9(2)22-21-8)13-5-14(19-11(4)18-13)20-12-6-16-10(3)17-7-12/h5-7H,1-4H3,(H,18,19,20). The van der Waals surface area contributed by atoms with E-state index in [0.717, 1.165) is 34.2 Å². The molecule has 0 saturated carbocycles. The largest absolute Gasteiger partial charge is 0.361 e. The van der Waals surface area contributed by atoms with Crippen molar-refractivity contribution in [2.24, 2.45) is 0 Å². The van der Waals surface area contributed by atoms with Crippen molar-refractivity contribution in [3.8, 4) is 11.3 Å². The Bertz CT molecular complexity index is 790. The number of anilines is 2. The number of hydrogen-bond acceptors (Lipinski definition) is 7. The Hall–Kier alpha value is -2.83. The van der Waals surface area contributed by atoms with Crippen molar-refractivity contribution in [1.82, 2.24) is 25.1 Å². The Morgan fingerprint density at radius 1 is 0.955 bits per heavy atom. The molecule has 0 radical (unpaired) electrons. The maximum absolute atomic E-state index is 5.21. The molecule has 0 fully saturated rings. The van der Waals surface area contributed by atoms with E-state index in [9.17, 15) is 0 Å². The summed E-state index contributed by atoms with van der Waals surface area (Å²) in [6.45, 7) is 7.45. The van der Waals surface area contributed by atoms with Crippen molar-refractivity contribution in [1.29, 1.82) is 0 Å². The topological polar surface area (TPSA) is 89.6 Å². The third-order valence-electron chi connectivity index (χ3n) is 3.18. The van der Waals surface area contributed by atoms with Gasteiger partial charge in [-0.1, -0.05) is 5.16 Å².